The van der Waals surface area contributed by atoms with Gasteiger partial charge < -0.3 is 25.2 Å². The van der Waals surface area contributed by atoms with Crippen LogP contribution in [0.4, 0.5) is 4.79 Å². The van der Waals surface area contributed by atoms with E-state index >= 15 is 0 Å². The molecule has 1 saturated carbocycles. The van der Waals surface area contributed by atoms with Crippen molar-refractivity contribution in [3.05, 3.63) is 0 Å². The fraction of sp³-hybridized carbons (Fsp3) is 0.846. The van der Waals surface area contributed by atoms with Crippen molar-refractivity contribution < 1.29 is 24.2 Å². The van der Waals surface area contributed by atoms with Gasteiger partial charge in [0, 0.05) is 25.2 Å². The zero-order chi connectivity index (χ0) is 15.3. The van der Waals surface area contributed by atoms with Crippen LogP contribution in [-0.4, -0.2) is 55.6 Å². The highest BCUT2D eigenvalue weighted by atomic mass is 16.5. The van der Waals surface area contributed by atoms with E-state index in [0.717, 1.165) is 6.42 Å². The minimum Gasteiger partial charge on any atom is -0.479 e. The Hall–Kier alpha value is -1.34. The largest absolute Gasteiger partial charge is 0.479 e. The van der Waals surface area contributed by atoms with E-state index in [1.807, 2.05) is 20.8 Å². The minimum atomic E-state index is -1.10. The molecule has 116 valence electrons. The Kier molecular flexibility index (Phi) is 5.76. The Labute approximate surface area is 119 Å². The van der Waals surface area contributed by atoms with Crippen LogP contribution in [-0.2, 0) is 14.3 Å². The van der Waals surface area contributed by atoms with Gasteiger partial charge >= 0.3 is 12.0 Å². The normalized spacial score (nSPS) is 25.4. The number of rotatable bonds is 7. The lowest BCUT2D eigenvalue weighted by Gasteiger charge is -2.51. The van der Waals surface area contributed by atoms with Crippen molar-refractivity contribution in [2.24, 2.45) is 5.41 Å². The number of carbonyl (C=O) groups is 2. The van der Waals surface area contributed by atoms with Gasteiger partial charge in [0.25, 0.3) is 0 Å². The third-order valence-corrected chi connectivity index (χ3v) is 3.86. The van der Waals surface area contributed by atoms with Crippen molar-refractivity contribution in [2.75, 3.05) is 20.3 Å². The van der Waals surface area contributed by atoms with Gasteiger partial charge in [-0.2, -0.15) is 0 Å². The van der Waals surface area contributed by atoms with Crippen molar-refractivity contribution in [3.63, 3.8) is 0 Å². The van der Waals surface area contributed by atoms with Crippen molar-refractivity contribution in [1.29, 1.82) is 0 Å². The topological polar surface area (TPSA) is 96.9 Å². The molecule has 3 N–H and O–H groups in total. The molecule has 3 unspecified atom stereocenters. The highest BCUT2D eigenvalue weighted by Gasteiger charge is 2.49. The molecule has 3 atom stereocenters. The Bertz CT molecular complexity index is 359. The number of hydrogen-bond donors (Lipinski definition) is 3. The van der Waals surface area contributed by atoms with Crippen molar-refractivity contribution in [2.45, 2.75) is 45.4 Å². The van der Waals surface area contributed by atoms with E-state index in [1.54, 1.807) is 0 Å². The molecule has 1 rings (SSSR count). The van der Waals surface area contributed by atoms with Gasteiger partial charge in [0.2, 0.25) is 0 Å². The molecular weight excluding hydrogens is 264 g/mol. The summed E-state index contributed by atoms with van der Waals surface area (Å²) in [5, 5.41) is 14.1. The van der Waals surface area contributed by atoms with Gasteiger partial charge in [-0.15, -0.1) is 0 Å². The number of aliphatic carboxylic acids is 1. The predicted molar refractivity (Wildman–Crippen MR) is 72.6 cm³/mol. The molecule has 0 aromatic carbocycles. The number of carbonyl (C=O) groups excluding carboxylic acids is 1. The van der Waals surface area contributed by atoms with Crippen LogP contribution >= 0.6 is 0 Å². The maximum absolute atomic E-state index is 11.7. The number of carboxylic acids is 1. The standard InChI is InChI=1S/C13H24N2O5/c1-5-20-10-6-9(13(10,2)3)15-12(18)14-7-8(19-4)11(16)17/h8-10H,5-7H2,1-4H3,(H,16,17)(H2,14,15,18). The van der Waals surface area contributed by atoms with Crippen LogP contribution in [0.3, 0.4) is 0 Å². The molecule has 0 aliphatic heterocycles. The second-order valence-electron chi connectivity index (χ2n) is 5.47. The van der Waals surface area contributed by atoms with E-state index in [2.05, 4.69) is 10.6 Å². The van der Waals surface area contributed by atoms with Gasteiger partial charge in [-0.1, -0.05) is 13.8 Å². The number of methoxy groups -OCH3 is 1. The lowest BCUT2D eigenvalue weighted by Crippen LogP contribution is -2.63. The van der Waals surface area contributed by atoms with Crippen molar-refractivity contribution in [3.8, 4) is 0 Å². The molecule has 0 radical (unpaired) electrons. The molecule has 20 heavy (non-hydrogen) atoms. The Morgan fingerprint density at radius 1 is 1.45 bits per heavy atom. The first-order valence-electron chi connectivity index (χ1n) is 6.74. The molecule has 0 spiro atoms. The highest BCUT2D eigenvalue weighted by Crippen LogP contribution is 2.42. The summed E-state index contributed by atoms with van der Waals surface area (Å²) in [5.41, 5.74) is -0.124. The molecule has 7 heteroatoms. The fourth-order valence-electron chi connectivity index (χ4n) is 2.28. The molecule has 1 aliphatic carbocycles. The molecule has 1 fully saturated rings. The molecule has 7 nitrogen and oxygen atoms in total. The summed E-state index contributed by atoms with van der Waals surface area (Å²) < 4.78 is 10.3. The number of urea groups is 1. The van der Waals surface area contributed by atoms with Gasteiger partial charge in [0.05, 0.1) is 12.6 Å². The lowest BCUT2D eigenvalue weighted by atomic mass is 9.64. The summed E-state index contributed by atoms with van der Waals surface area (Å²) in [4.78, 5) is 22.5. The first kappa shape index (κ1) is 16.7. The second kappa shape index (κ2) is 6.90. The van der Waals surface area contributed by atoms with Crippen LogP contribution in [0.1, 0.15) is 27.2 Å². The lowest BCUT2D eigenvalue weighted by molar-refractivity contribution is -0.148. The summed E-state index contributed by atoms with van der Waals surface area (Å²) in [7, 11) is 1.29. The predicted octanol–water partition coefficient (Wildman–Crippen LogP) is 0.589. The number of amides is 2. The Balaban J connectivity index is 2.35. The smallest absolute Gasteiger partial charge is 0.334 e. The zero-order valence-corrected chi connectivity index (χ0v) is 12.4. The molecule has 0 aromatic heterocycles. The van der Waals surface area contributed by atoms with Crippen LogP contribution < -0.4 is 10.6 Å². The van der Waals surface area contributed by atoms with Gasteiger partial charge in [0.1, 0.15) is 0 Å². The summed E-state index contributed by atoms with van der Waals surface area (Å²) >= 11 is 0. The van der Waals surface area contributed by atoms with Crippen molar-refractivity contribution in [1.82, 2.24) is 10.6 Å². The van der Waals surface area contributed by atoms with Crippen LogP contribution in [0.25, 0.3) is 0 Å². The molecule has 0 saturated heterocycles. The van der Waals surface area contributed by atoms with Crippen LogP contribution in [0.2, 0.25) is 0 Å². The van der Waals surface area contributed by atoms with Crippen LogP contribution in [0.5, 0.6) is 0 Å². The maximum Gasteiger partial charge on any atom is 0.334 e. The van der Waals surface area contributed by atoms with Crippen molar-refractivity contribution >= 4 is 12.0 Å². The van der Waals surface area contributed by atoms with Gasteiger partial charge in [0.15, 0.2) is 6.10 Å². The average Bonchev–Trinajstić information content (AvgIpc) is 2.38. The Morgan fingerprint density at radius 3 is 2.55 bits per heavy atom. The average molecular weight is 288 g/mol. The molecule has 1 aliphatic rings. The van der Waals surface area contributed by atoms with Gasteiger partial charge in [-0.05, 0) is 13.3 Å². The third kappa shape index (κ3) is 3.83. The monoisotopic (exact) mass is 288 g/mol. The summed E-state index contributed by atoms with van der Waals surface area (Å²) in [6, 6.07) is -0.369. The zero-order valence-electron chi connectivity index (χ0n) is 12.4. The van der Waals surface area contributed by atoms with Crippen LogP contribution in [0, 0.1) is 5.41 Å². The molecule has 0 bridgehead atoms. The third-order valence-electron chi connectivity index (χ3n) is 3.86. The molecular formula is C13H24N2O5. The summed E-state index contributed by atoms with van der Waals surface area (Å²) in [6.45, 7) is 6.61. The van der Waals surface area contributed by atoms with E-state index in [4.69, 9.17) is 14.6 Å². The minimum absolute atomic E-state index is 0.0184. The van der Waals surface area contributed by atoms with E-state index in [1.165, 1.54) is 7.11 Å². The second-order valence-corrected chi connectivity index (χ2v) is 5.47. The van der Waals surface area contributed by atoms with E-state index < -0.39 is 12.1 Å². The number of carboxylic acid groups (broad SMARTS) is 1. The van der Waals surface area contributed by atoms with Crippen LogP contribution in [0.15, 0.2) is 0 Å². The first-order chi connectivity index (χ1) is 9.32. The fourth-order valence-corrected chi connectivity index (χ4v) is 2.28. The molecule has 0 heterocycles. The number of hydrogen-bond acceptors (Lipinski definition) is 4. The number of ether oxygens (including phenoxy) is 2. The SMILES string of the molecule is CCOC1CC(NC(=O)NCC(OC)C(=O)O)C1(C)C. The highest BCUT2D eigenvalue weighted by molar-refractivity contribution is 5.77. The summed E-state index contributed by atoms with van der Waals surface area (Å²) in [5.74, 6) is -1.10. The van der Waals surface area contributed by atoms with E-state index in [0.29, 0.717) is 6.61 Å². The first-order valence-corrected chi connectivity index (χ1v) is 6.74. The molecule has 0 aromatic rings. The maximum atomic E-state index is 11.7. The van der Waals surface area contributed by atoms with Gasteiger partial charge in [-0.3, -0.25) is 0 Å². The Morgan fingerprint density at radius 2 is 2.10 bits per heavy atom. The summed E-state index contributed by atoms with van der Waals surface area (Å²) in [6.07, 6.45) is -0.129. The number of nitrogens with one attached hydrogen (secondary N) is 2. The van der Waals surface area contributed by atoms with E-state index in [-0.39, 0.29) is 30.1 Å². The van der Waals surface area contributed by atoms with E-state index in [9.17, 15) is 9.59 Å². The molecule has 2 amide bonds. The quantitative estimate of drug-likeness (QED) is 0.637. The van der Waals surface area contributed by atoms with Gasteiger partial charge in [-0.25, -0.2) is 9.59 Å².